The third kappa shape index (κ3) is 10.8. The Morgan fingerprint density at radius 2 is 1.68 bits per heavy atom. The van der Waals surface area contributed by atoms with E-state index in [1.807, 2.05) is 60.7 Å². The third-order valence-corrected chi connectivity index (χ3v) is 5.90. The quantitative estimate of drug-likeness (QED) is 0.189. The number of nitrogens with one attached hydrogen (secondary N) is 1. The number of hydrogen-bond donors (Lipinski definition) is 2. The first-order valence-corrected chi connectivity index (χ1v) is 12.6. The Morgan fingerprint density at radius 1 is 1.00 bits per heavy atom. The van der Waals surface area contributed by atoms with E-state index >= 15 is 0 Å². The number of carbonyl (C=O) groups excluding carboxylic acids is 3. The van der Waals surface area contributed by atoms with Gasteiger partial charge in [-0.1, -0.05) is 72.8 Å². The number of benzene rings is 2. The van der Waals surface area contributed by atoms with Crippen molar-refractivity contribution in [1.29, 1.82) is 0 Å². The van der Waals surface area contributed by atoms with E-state index in [0.717, 1.165) is 17.5 Å². The number of aliphatic hydroxyl groups excluding tert-OH is 1. The molecule has 2 aromatic rings. The monoisotopic (exact) mass is 506 g/mol. The summed E-state index contributed by atoms with van der Waals surface area (Å²) in [6.07, 6.45) is 5.29. The summed E-state index contributed by atoms with van der Waals surface area (Å²) in [5, 5.41) is 12.5. The van der Waals surface area contributed by atoms with Crippen molar-refractivity contribution in [2.45, 2.75) is 44.7 Å². The Morgan fingerprint density at radius 3 is 2.30 bits per heavy atom. The maximum atomic E-state index is 13.3. The standard InChI is InChI=1S/C30H38N2O5/c1-3-5-8-18-29(35)37-23-27(25-16-11-7-12-17-25)31-30(36)26(13-4-2)21-28(34)32(19-20-33)22-24-14-9-6-10-15-24/h3-4,6-7,9-12,14-17,26-27,33H,1-2,5,8,13,18-23H2,(H,31,36). The predicted octanol–water partition coefficient (Wildman–Crippen LogP) is 4.35. The molecule has 2 unspecified atom stereocenters. The van der Waals surface area contributed by atoms with Crippen LogP contribution in [0.15, 0.2) is 86.0 Å². The molecule has 2 atom stereocenters. The zero-order valence-corrected chi connectivity index (χ0v) is 21.4. The molecule has 0 saturated carbocycles. The lowest BCUT2D eigenvalue weighted by atomic mass is 9.98. The molecule has 0 aliphatic carbocycles. The van der Waals surface area contributed by atoms with Gasteiger partial charge in [-0.15, -0.1) is 13.2 Å². The van der Waals surface area contributed by atoms with Gasteiger partial charge in [0, 0.05) is 25.9 Å². The predicted molar refractivity (Wildman–Crippen MR) is 144 cm³/mol. The molecule has 0 fully saturated rings. The van der Waals surface area contributed by atoms with Crippen molar-refractivity contribution < 1.29 is 24.2 Å². The summed E-state index contributed by atoms with van der Waals surface area (Å²) in [4.78, 5) is 40.2. The molecule has 0 aliphatic rings. The zero-order chi connectivity index (χ0) is 26.9. The number of allylic oxidation sites excluding steroid dienone is 2. The number of hydrogen-bond acceptors (Lipinski definition) is 5. The molecular weight excluding hydrogens is 468 g/mol. The number of ether oxygens (including phenoxy) is 1. The van der Waals surface area contributed by atoms with Gasteiger partial charge < -0.3 is 20.1 Å². The summed E-state index contributed by atoms with van der Waals surface area (Å²) in [5.74, 6) is -1.55. The van der Waals surface area contributed by atoms with E-state index in [1.165, 1.54) is 0 Å². The first kappa shape index (κ1) is 29.5. The smallest absolute Gasteiger partial charge is 0.305 e. The number of rotatable bonds is 17. The molecule has 0 saturated heterocycles. The van der Waals surface area contributed by atoms with Gasteiger partial charge in [0.2, 0.25) is 11.8 Å². The summed E-state index contributed by atoms with van der Waals surface area (Å²) in [5.41, 5.74) is 1.73. The van der Waals surface area contributed by atoms with E-state index in [-0.39, 0.29) is 50.4 Å². The SMILES string of the molecule is C=CCCCC(=O)OCC(NC(=O)C(CC=C)CC(=O)N(CCO)Cc1ccccc1)c1ccccc1. The molecule has 37 heavy (non-hydrogen) atoms. The molecule has 0 aliphatic heterocycles. The van der Waals surface area contributed by atoms with Gasteiger partial charge in [-0.2, -0.15) is 0 Å². The Labute approximate surface area is 219 Å². The van der Waals surface area contributed by atoms with E-state index in [2.05, 4.69) is 18.5 Å². The normalized spacial score (nSPS) is 12.1. The maximum absolute atomic E-state index is 13.3. The fraction of sp³-hybridized carbons (Fsp3) is 0.367. The second kappa shape index (κ2) is 16.9. The van der Waals surface area contributed by atoms with E-state index in [4.69, 9.17) is 4.74 Å². The lowest BCUT2D eigenvalue weighted by Gasteiger charge is -2.26. The van der Waals surface area contributed by atoms with Gasteiger partial charge in [-0.25, -0.2) is 0 Å². The van der Waals surface area contributed by atoms with Crippen molar-refractivity contribution in [3.8, 4) is 0 Å². The third-order valence-electron chi connectivity index (χ3n) is 5.90. The van der Waals surface area contributed by atoms with Gasteiger partial charge in [-0.05, 0) is 30.4 Å². The molecule has 2 aromatic carbocycles. The summed E-state index contributed by atoms with van der Waals surface area (Å²) >= 11 is 0. The average Bonchev–Trinajstić information content (AvgIpc) is 2.91. The molecular formula is C30H38N2O5. The molecule has 2 amide bonds. The Balaban J connectivity index is 2.09. The molecule has 0 spiro atoms. The second-order valence-electron chi connectivity index (χ2n) is 8.79. The highest BCUT2D eigenvalue weighted by Crippen LogP contribution is 2.19. The van der Waals surface area contributed by atoms with Gasteiger partial charge in [0.15, 0.2) is 0 Å². The van der Waals surface area contributed by atoms with Gasteiger partial charge in [-0.3, -0.25) is 14.4 Å². The van der Waals surface area contributed by atoms with Gasteiger partial charge in [0.25, 0.3) is 0 Å². The summed E-state index contributed by atoms with van der Waals surface area (Å²) in [6, 6.07) is 18.2. The minimum Gasteiger partial charge on any atom is -0.463 e. The highest BCUT2D eigenvalue weighted by molar-refractivity contribution is 5.86. The van der Waals surface area contributed by atoms with E-state index in [0.29, 0.717) is 19.4 Å². The summed E-state index contributed by atoms with van der Waals surface area (Å²) < 4.78 is 5.45. The van der Waals surface area contributed by atoms with Gasteiger partial charge in [0.05, 0.1) is 18.6 Å². The molecule has 0 heterocycles. The topological polar surface area (TPSA) is 95.9 Å². The summed E-state index contributed by atoms with van der Waals surface area (Å²) in [6.45, 7) is 7.73. The Hall–Kier alpha value is -3.71. The maximum Gasteiger partial charge on any atom is 0.305 e. The van der Waals surface area contributed by atoms with Crippen LogP contribution < -0.4 is 5.32 Å². The minimum atomic E-state index is -0.656. The van der Waals surface area contributed by atoms with Crippen LogP contribution in [0.3, 0.4) is 0 Å². The zero-order valence-electron chi connectivity index (χ0n) is 21.4. The first-order valence-electron chi connectivity index (χ1n) is 12.6. The van der Waals surface area contributed by atoms with Crippen molar-refractivity contribution in [2.75, 3.05) is 19.8 Å². The molecule has 2 rings (SSSR count). The molecule has 0 bridgehead atoms. The minimum absolute atomic E-state index is 0.0118. The van der Waals surface area contributed by atoms with Crippen LogP contribution >= 0.6 is 0 Å². The Kier molecular flexibility index (Phi) is 13.5. The van der Waals surface area contributed by atoms with Gasteiger partial charge >= 0.3 is 5.97 Å². The molecule has 0 aromatic heterocycles. The van der Waals surface area contributed by atoms with E-state index in [1.54, 1.807) is 17.1 Å². The van der Waals surface area contributed by atoms with Crippen LogP contribution in [-0.2, 0) is 25.7 Å². The van der Waals surface area contributed by atoms with Crippen LogP contribution in [0.5, 0.6) is 0 Å². The van der Waals surface area contributed by atoms with Crippen molar-refractivity contribution in [3.63, 3.8) is 0 Å². The first-order chi connectivity index (χ1) is 18.0. The molecule has 2 N–H and O–H groups in total. The molecule has 7 nitrogen and oxygen atoms in total. The number of esters is 1. The van der Waals surface area contributed by atoms with Crippen molar-refractivity contribution in [2.24, 2.45) is 5.92 Å². The van der Waals surface area contributed by atoms with Crippen LogP contribution in [0, 0.1) is 5.92 Å². The fourth-order valence-electron chi connectivity index (χ4n) is 3.88. The number of aliphatic hydroxyl groups is 1. The van der Waals surface area contributed by atoms with Crippen LogP contribution in [0.25, 0.3) is 0 Å². The number of amides is 2. The lowest BCUT2D eigenvalue weighted by Crippen LogP contribution is -2.40. The highest BCUT2D eigenvalue weighted by atomic mass is 16.5. The molecule has 0 radical (unpaired) electrons. The lowest BCUT2D eigenvalue weighted by molar-refractivity contribution is -0.145. The molecule has 198 valence electrons. The van der Waals surface area contributed by atoms with Crippen LogP contribution in [-0.4, -0.2) is 47.5 Å². The van der Waals surface area contributed by atoms with Crippen molar-refractivity contribution in [3.05, 3.63) is 97.1 Å². The van der Waals surface area contributed by atoms with Crippen molar-refractivity contribution in [1.82, 2.24) is 10.2 Å². The van der Waals surface area contributed by atoms with Crippen LogP contribution in [0.4, 0.5) is 0 Å². The second-order valence-corrected chi connectivity index (χ2v) is 8.79. The summed E-state index contributed by atoms with van der Waals surface area (Å²) in [7, 11) is 0. The fourth-order valence-corrected chi connectivity index (χ4v) is 3.88. The Bertz CT molecular complexity index is 994. The van der Waals surface area contributed by atoms with Gasteiger partial charge in [0.1, 0.15) is 6.61 Å². The van der Waals surface area contributed by atoms with Crippen LogP contribution in [0.1, 0.15) is 49.3 Å². The van der Waals surface area contributed by atoms with E-state index in [9.17, 15) is 19.5 Å². The van der Waals surface area contributed by atoms with E-state index < -0.39 is 12.0 Å². The molecule has 7 heteroatoms. The van der Waals surface area contributed by atoms with Crippen molar-refractivity contribution >= 4 is 17.8 Å². The number of carbonyl (C=O) groups is 3. The number of nitrogens with zero attached hydrogens (tertiary/aromatic N) is 1. The highest BCUT2D eigenvalue weighted by Gasteiger charge is 2.27. The van der Waals surface area contributed by atoms with Crippen LogP contribution in [0.2, 0.25) is 0 Å². The average molecular weight is 507 g/mol. The largest absolute Gasteiger partial charge is 0.463 e. The number of unbranched alkanes of at least 4 members (excludes halogenated alkanes) is 1.